The van der Waals surface area contributed by atoms with E-state index in [1.807, 2.05) is 18.2 Å². The number of nitro groups is 1. The van der Waals surface area contributed by atoms with Crippen molar-refractivity contribution < 1.29 is 13.3 Å². The first-order chi connectivity index (χ1) is 11.3. The minimum atomic E-state index is -3.92. The van der Waals surface area contributed by atoms with Gasteiger partial charge in [0.05, 0.1) is 4.92 Å². The number of nitrogens with zero attached hydrogens (tertiary/aromatic N) is 2. The highest BCUT2D eigenvalue weighted by Crippen LogP contribution is 2.25. The highest BCUT2D eigenvalue weighted by molar-refractivity contribution is 7.89. The Morgan fingerprint density at radius 3 is 2.42 bits per heavy atom. The van der Waals surface area contributed by atoms with E-state index in [1.54, 1.807) is 6.07 Å². The van der Waals surface area contributed by atoms with E-state index in [0.29, 0.717) is 18.5 Å². The lowest BCUT2D eigenvalue weighted by atomic mass is 10.1. The van der Waals surface area contributed by atoms with E-state index in [1.165, 1.54) is 31.3 Å². The molecule has 0 aliphatic carbocycles. The van der Waals surface area contributed by atoms with Gasteiger partial charge in [0.1, 0.15) is 0 Å². The van der Waals surface area contributed by atoms with E-state index in [9.17, 15) is 18.5 Å². The van der Waals surface area contributed by atoms with Gasteiger partial charge in [-0.15, -0.1) is 0 Å². The molecule has 0 amide bonds. The second-order valence-electron chi connectivity index (χ2n) is 5.35. The molecule has 0 spiro atoms. The Bertz CT molecular complexity index is 837. The summed E-state index contributed by atoms with van der Waals surface area (Å²) in [4.78, 5) is 10.1. The molecule has 0 atom stereocenters. The van der Waals surface area contributed by atoms with Crippen molar-refractivity contribution in [1.82, 2.24) is 4.31 Å². The highest BCUT2D eigenvalue weighted by Gasteiger charge is 2.28. The summed E-state index contributed by atoms with van der Waals surface area (Å²) in [6.07, 6.45) is 1.19. The third-order valence-corrected chi connectivity index (χ3v) is 5.63. The number of nitrogens with two attached hydrogens (primary N) is 1. The Labute approximate surface area is 140 Å². The first kappa shape index (κ1) is 17.9. The maximum atomic E-state index is 12.6. The molecule has 2 aromatic rings. The molecule has 0 heterocycles. The van der Waals surface area contributed by atoms with Crippen LogP contribution in [0.4, 0.5) is 11.4 Å². The van der Waals surface area contributed by atoms with Gasteiger partial charge in [-0.25, -0.2) is 12.7 Å². The third-order valence-electron chi connectivity index (χ3n) is 3.72. The molecule has 2 aromatic carbocycles. The van der Waals surface area contributed by atoms with E-state index in [4.69, 9.17) is 5.73 Å². The zero-order chi connectivity index (χ0) is 17.7. The van der Waals surface area contributed by atoms with Gasteiger partial charge in [-0.05, 0) is 30.5 Å². The van der Waals surface area contributed by atoms with Crippen LogP contribution in [0.1, 0.15) is 12.0 Å². The van der Waals surface area contributed by atoms with Crippen LogP contribution in [-0.4, -0.2) is 31.2 Å². The molecule has 24 heavy (non-hydrogen) atoms. The van der Waals surface area contributed by atoms with Gasteiger partial charge in [0, 0.05) is 25.3 Å². The largest absolute Gasteiger partial charge is 0.399 e. The Morgan fingerprint density at radius 1 is 1.12 bits per heavy atom. The van der Waals surface area contributed by atoms with Gasteiger partial charge < -0.3 is 5.73 Å². The number of hydrogen-bond donors (Lipinski definition) is 1. The molecule has 0 saturated carbocycles. The van der Waals surface area contributed by atoms with Gasteiger partial charge in [-0.1, -0.05) is 30.3 Å². The van der Waals surface area contributed by atoms with Gasteiger partial charge in [0.25, 0.3) is 5.69 Å². The standard InChI is InChI=1S/C16H19N3O4S/c1-18(12-6-8-13-7-2-3-9-14(13)17)24(22,23)16-11-5-4-10-15(16)19(20)21/h2-5,7,9-11H,6,8,12,17H2,1H3. The normalized spacial score (nSPS) is 11.6. The molecule has 8 heteroatoms. The molecular weight excluding hydrogens is 330 g/mol. The van der Waals surface area contributed by atoms with Crippen LogP contribution in [0, 0.1) is 10.1 Å². The fourth-order valence-corrected chi connectivity index (χ4v) is 3.73. The zero-order valence-corrected chi connectivity index (χ0v) is 14.1. The van der Waals surface area contributed by atoms with Gasteiger partial charge in [-0.2, -0.15) is 0 Å². The molecular formula is C16H19N3O4S. The lowest BCUT2D eigenvalue weighted by molar-refractivity contribution is -0.387. The van der Waals surface area contributed by atoms with Crippen molar-refractivity contribution >= 4 is 21.4 Å². The Morgan fingerprint density at radius 2 is 1.75 bits per heavy atom. The van der Waals surface area contributed by atoms with E-state index >= 15 is 0 Å². The minimum Gasteiger partial charge on any atom is -0.399 e. The van der Waals surface area contributed by atoms with E-state index < -0.39 is 20.6 Å². The average Bonchev–Trinajstić information content (AvgIpc) is 2.56. The van der Waals surface area contributed by atoms with Crippen molar-refractivity contribution in [3.05, 3.63) is 64.2 Å². The maximum absolute atomic E-state index is 12.6. The predicted molar refractivity (Wildman–Crippen MR) is 92.1 cm³/mol. The monoisotopic (exact) mass is 349 g/mol. The number of sulfonamides is 1. The molecule has 0 fully saturated rings. The molecule has 0 aliphatic rings. The molecule has 2 rings (SSSR count). The molecule has 0 unspecified atom stereocenters. The lowest BCUT2D eigenvalue weighted by Crippen LogP contribution is -2.28. The fourth-order valence-electron chi connectivity index (χ4n) is 2.37. The van der Waals surface area contributed by atoms with Crippen molar-refractivity contribution in [3.8, 4) is 0 Å². The van der Waals surface area contributed by atoms with Gasteiger partial charge in [-0.3, -0.25) is 10.1 Å². The lowest BCUT2D eigenvalue weighted by Gasteiger charge is -2.17. The summed E-state index contributed by atoms with van der Waals surface area (Å²) in [6.45, 7) is 0.239. The summed E-state index contributed by atoms with van der Waals surface area (Å²) in [5.74, 6) is 0. The number of hydrogen-bond acceptors (Lipinski definition) is 5. The van der Waals surface area contributed by atoms with E-state index in [-0.39, 0.29) is 11.4 Å². The quantitative estimate of drug-likeness (QED) is 0.469. The van der Waals surface area contributed by atoms with Crippen LogP contribution < -0.4 is 5.73 Å². The molecule has 0 bridgehead atoms. The third kappa shape index (κ3) is 3.90. The van der Waals surface area contributed by atoms with Crippen molar-refractivity contribution in [1.29, 1.82) is 0 Å². The van der Waals surface area contributed by atoms with Gasteiger partial charge in [0.15, 0.2) is 4.90 Å². The van der Waals surface area contributed by atoms with Crippen LogP contribution in [0.15, 0.2) is 53.4 Å². The Kier molecular flexibility index (Phi) is 5.53. The fraction of sp³-hybridized carbons (Fsp3) is 0.250. The van der Waals surface area contributed by atoms with Crippen molar-refractivity contribution in [3.63, 3.8) is 0 Å². The van der Waals surface area contributed by atoms with Crippen molar-refractivity contribution in [2.75, 3.05) is 19.3 Å². The second kappa shape index (κ2) is 7.41. The molecule has 0 aromatic heterocycles. The summed E-state index contributed by atoms with van der Waals surface area (Å²) >= 11 is 0. The first-order valence-corrected chi connectivity index (χ1v) is 8.81. The number of aryl methyl sites for hydroxylation is 1. The first-order valence-electron chi connectivity index (χ1n) is 7.37. The minimum absolute atomic E-state index is 0.239. The summed E-state index contributed by atoms with van der Waals surface area (Å²) in [5.41, 5.74) is 7.06. The maximum Gasteiger partial charge on any atom is 0.289 e. The molecule has 0 aliphatic heterocycles. The van der Waals surface area contributed by atoms with Crippen LogP contribution in [0.2, 0.25) is 0 Å². The van der Waals surface area contributed by atoms with Crippen molar-refractivity contribution in [2.45, 2.75) is 17.7 Å². The number of nitro benzene ring substituents is 1. The van der Waals surface area contributed by atoms with E-state index in [2.05, 4.69) is 0 Å². The number of anilines is 1. The smallest absolute Gasteiger partial charge is 0.289 e. The number of para-hydroxylation sites is 2. The summed E-state index contributed by atoms with van der Waals surface area (Å²) in [5, 5.41) is 11.0. The number of rotatable bonds is 7. The Balaban J connectivity index is 2.10. The SMILES string of the molecule is CN(CCCc1ccccc1N)S(=O)(=O)c1ccccc1[N+](=O)[O-]. The van der Waals surface area contributed by atoms with Crippen LogP contribution in [0.5, 0.6) is 0 Å². The van der Waals surface area contributed by atoms with Gasteiger partial charge >= 0.3 is 0 Å². The summed E-state index contributed by atoms with van der Waals surface area (Å²) < 4.78 is 26.3. The van der Waals surface area contributed by atoms with Crippen LogP contribution in [-0.2, 0) is 16.4 Å². The average molecular weight is 349 g/mol. The number of nitrogen functional groups attached to an aromatic ring is 1. The van der Waals surface area contributed by atoms with Crippen LogP contribution in [0.25, 0.3) is 0 Å². The molecule has 0 saturated heterocycles. The molecule has 2 N–H and O–H groups in total. The molecule has 128 valence electrons. The van der Waals surface area contributed by atoms with Crippen LogP contribution >= 0.6 is 0 Å². The van der Waals surface area contributed by atoms with E-state index in [0.717, 1.165) is 9.87 Å². The zero-order valence-electron chi connectivity index (χ0n) is 13.3. The van der Waals surface area contributed by atoms with Gasteiger partial charge in [0.2, 0.25) is 10.0 Å². The summed E-state index contributed by atoms with van der Waals surface area (Å²) in [6, 6.07) is 12.7. The predicted octanol–water partition coefficient (Wildman–Crippen LogP) is 2.43. The summed E-state index contributed by atoms with van der Waals surface area (Å²) in [7, 11) is -2.50. The second-order valence-corrected chi connectivity index (χ2v) is 7.37. The van der Waals surface area contributed by atoms with Crippen molar-refractivity contribution in [2.24, 2.45) is 0 Å². The molecule has 0 radical (unpaired) electrons. The number of benzene rings is 2. The Hall–Kier alpha value is -2.45. The van der Waals surface area contributed by atoms with Crippen LogP contribution in [0.3, 0.4) is 0 Å². The topological polar surface area (TPSA) is 107 Å². The highest BCUT2D eigenvalue weighted by atomic mass is 32.2. The molecule has 7 nitrogen and oxygen atoms in total.